The SMILES string of the molecule is CC1(C)[C@@H]2CC[C@@]1(C)C(=O)C2.c1ccc2ccccc2c1. The second kappa shape index (κ2) is 4.98. The van der Waals surface area contributed by atoms with Crippen LogP contribution in [0.15, 0.2) is 48.5 Å². The van der Waals surface area contributed by atoms with Gasteiger partial charge in [0.1, 0.15) is 5.78 Å². The highest BCUT2D eigenvalue weighted by atomic mass is 16.1. The van der Waals surface area contributed by atoms with Gasteiger partial charge in [0.25, 0.3) is 0 Å². The first-order valence-corrected chi connectivity index (χ1v) is 7.92. The predicted molar refractivity (Wildman–Crippen MR) is 88.2 cm³/mol. The van der Waals surface area contributed by atoms with Gasteiger partial charge in [-0.25, -0.2) is 0 Å². The largest absolute Gasteiger partial charge is 0.299 e. The summed E-state index contributed by atoms with van der Waals surface area (Å²) in [5, 5.41) is 2.62. The first-order chi connectivity index (χ1) is 9.95. The van der Waals surface area contributed by atoms with Crippen molar-refractivity contribution in [3.8, 4) is 0 Å². The molecule has 2 saturated carbocycles. The molecule has 2 aromatic carbocycles. The number of carbonyl (C=O) groups excluding carboxylic acids is 1. The molecule has 2 aromatic rings. The zero-order valence-electron chi connectivity index (χ0n) is 13.2. The van der Waals surface area contributed by atoms with Gasteiger partial charge < -0.3 is 0 Å². The van der Waals surface area contributed by atoms with Gasteiger partial charge in [-0.1, -0.05) is 69.3 Å². The molecule has 110 valence electrons. The van der Waals surface area contributed by atoms with Crippen LogP contribution in [0.4, 0.5) is 0 Å². The Bertz CT molecular complexity index is 605. The molecule has 0 heterocycles. The lowest BCUT2D eigenvalue weighted by molar-refractivity contribution is -0.128. The molecule has 2 aliphatic carbocycles. The van der Waals surface area contributed by atoms with Crippen molar-refractivity contribution in [3.63, 3.8) is 0 Å². The molecule has 0 aliphatic heterocycles. The summed E-state index contributed by atoms with van der Waals surface area (Å²) in [6, 6.07) is 16.7. The number of fused-ring (bicyclic) bond motifs is 3. The van der Waals surface area contributed by atoms with Gasteiger partial charge in [0.15, 0.2) is 0 Å². The lowest BCUT2D eigenvalue weighted by atomic mass is 9.70. The molecule has 1 heteroatoms. The molecule has 0 radical (unpaired) electrons. The minimum atomic E-state index is 0.0255. The highest BCUT2D eigenvalue weighted by molar-refractivity contribution is 5.89. The molecule has 2 atom stereocenters. The maximum absolute atomic E-state index is 11.6. The fourth-order valence-corrected chi connectivity index (χ4v) is 4.03. The van der Waals surface area contributed by atoms with Crippen LogP contribution in [0, 0.1) is 16.7 Å². The van der Waals surface area contributed by atoms with Crippen molar-refractivity contribution in [3.05, 3.63) is 48.5 Å². The van der Waals surface area contributed by atoms with Crippen molar-refractivity contribution >= 4 is 16.6 Å². The van der Waals surface area contributed by atoms with Crippen molar-refractivity contribution in [1.82, 2.24) is 0 Å². The minimum absolute atomic E-state index is 0.0255. The standard InChI is InChI=1S/C10H16O.C10H8/c1-9(2)7-4-5-10(9,3)8(11)6-7;1-2-6-10-8-4-3-7-9(10)5-1/h7H,4-6H2,1-3H3;1-8H/t7-,10+;/m1./s1. The molecular formula is C20H24O. The number of carbonyl (C=O) groups is 1. The van der Waals surface area contributed by atoms with Crippen LogP contribution in [0.3, 0.4) is 0 Å². The van der Waals surface area contributed by atoms with Gasteiger partial charge in [-0.2, -0.15) is 0 Å². The predicted octanol–water partition coefficient (Wildman–Crippen LogP) is 5.24. The van der Waals surface area contributed by atoms with E-state index >= 15 is 0 Å². The highest BCUT2D eigenvalue weighted by Gasteiger charge is 2.61. The monoisotopic (exact) mass is 280 g/mol. The van der Waals surface area contributed by atoms with E-state index in [1.165, 1.54) is 17.2 Å². The Labute approximate surface area is 127 Å². The summed E-state index contributed by atoms with van der Waals surface area (Å²) in [7, 11) is 0. The second-order valence-electron chi connectivity index (χ2n) is 7.26. The van der Waals surface area contributed by atoms with E-state index in [1.807, 2.05) is 0 Å². The van der Waals surface area contributed by atoms with E-state index in [0.717, 1.165) is 12.8 Å². The Morgan fingerprint density at radius 2 is 1.38 bits per heavy atom. The van der Waals surface area contributed by atoms with Crippen LogP contribution in [-0.2, 0) is 4.79 Å². The average Bonchev–Trinajstić information content (AvgIpc) is 2.81. The summed E-state index contributed by atoms with van der Waals surface area (Å²) in [6.07, 6.45) is 3.25. The van der Waals surface area contributed by atoms with E-state index < -0.39 is 0 Å². The highest BCUT2D eigenvalue weighted by Crippen LogP contribution is 2.63. The van der Waals surface area contributed by atoms with Crippen LogP contribution in [-0.4, -0.2) is 5.78 Å². The van der Waals surface area contributed by atoms with Crippen molar-refractivity contribution in [2.45, 2.75) is 40.0 Å². The van der Waals surface area contributed by atoms with Crippen LogP contribution < -0.4 is 0 Å². The maximum Gasteiger partial charge on any atom is 0.139 e. The normalized spacial score (nSPS) is 29.3. The quantitative estimate of drug-likeness (QED) is 0.645. The van der Waals surface area contributed by atoms with Crippen LogP contribution in [0.25, 0.3) is 10.8 Å². The third-order valence-corrected chi connectivity index (χ3v) is 6.14. The van der Waals surface area contributed by atoms with Crippen molar-refractivity contribution in [1.29, 1.82) is 0 Å². The number of hydrogen-bond acceptors (Lipinski definition) is 1. The molecule has 0 unspecified atom stereocenters. The Balaban J connectivity index is 0.000000126. The molecule has 21 heavy (non-hydrogen) atoms. The maximum atomic E-state index is 11.6. The summed E-state index contributed by atoms with van der Waals surface area (Å²) in [5.74, 6) is 1.19. The molecule has 2 aliphatic rings. The van der Waals surface area contributed by atoms with Crippen molar-refractivity contribution < 1.29 is 4.79 Å². The van der Waals surface area contributed by atoms with Gasteiger partial charge in [-0.15, -0.1) is 0 Å². The Hall–Kier alpha value is -1.63. The molecular weight excluding hydrogens is 256 g/mol. The van der Waals surface area contributed by atoms with E-state index in [0.29, 0.717) is 11.7 Å². The first-order valence-electron chi connectivity index (χ1n) is 7.92. The summed E-state index contributed by atoms with van der Waals surface area (Å²) in [5.41, 5.74) is 0.307. The fraction of sp³-hybridized carbons (Fsp3) is 0.450. The molecule has 0 saturated heterocycles. The molecule has 2 bridgehead atoms. The summed E-state index contributed by atoms with van der Waals surface area (Å²) in [6.45, 7) is 6.67. The van der Waals surface area contributed by atoms with Gasteiger partial charge >= 0.3 is 0 Å². The minimum Gasteiger partial charge on any atom is -0.299 e. The molecule has 2 fully saturated rings. The topological polar surface area (TPSA) is 17.1 Å². The van der Waals surface area contributed by atoms with Gasteiger partial charge in [0.05, 0.1) is 0 Å². The molecule has 0 aromatic heterocycles. The Morgan fingerprint density at radius 1 is 0.905 bits per heavy atom. The van der Waals surface area contributed by atoms with Gasteiger partial charge in [0.2, 0.25) is 0 Å². The molecule has 0 spiro atoms. The van der Waals surface area contributed by atoms with E-state index in [-0.39, 0.29) is 10.8 Å². The van der Waals surface area contributed by atoms with E-state index in [4.69, 9.17) is 0 Å². The van der Waals surface area contributed by atoms with E-state index in [2.05, 4.69) is 69.3 Å². The fourth-order valence-electron chi connectivity index (χ4n) is 4.03. The van der Waals surface area contributed by atoms with Crippen LogP contribution in [0.2, 0.25) is 0 Å². The number of rotatable bonds is 0. The Kier molecular flexibility index (Phi) is 3.39. The number of benzene rings is 2. The van der Waals surface area contributed by atoms with Crippen LogP contribution in [0.5, 0.6) is 0 Å². The third kappa shape index (κ3) is 2.19. The van der Waals surface area contributed by atoms with E-state index in [1.54, 1.807) is 0 Å². The second-order valence-corrected chi connectivity index (χ2v) is 7.26. The average molecular weight is 280 g/mol. The molecule has 0 amide bonds. The molecule has 4 rings (SSSR count). The van der Waals surface area contributed by atoms with Gasteiger partial charge in [-0.05, 0) is 34.9 Å². The number of ketones is 1. The van der Waals surface area contributed by atoms with Gasteiger partial charge in [0, 0.05) is 11.8 Å². The zero-order chi connectivity index (χ0) is 15.1. The number of Topliss-reactive ketones (excluding diaryl/α,β-unsaturated/α-hetero) is 1. The third-order valence-electron chi connectivity index (χ3n) is 6.14. The summed E-state index contributed by atoms with van der Waals surface area (Å²) >= 11 is 0. The number of hydrogen-bond donors (Lipinski definition) is 0. The van der Waals surface area contributed by atoms with Crippen LogP contribution in [0.1, 0.15) is 40.0 Å². The smallest absolute Gasteiger partial charge is 0.139 e. The summed E-state index contributed by atoms with van der Waals surface area (Å²) in [4.78, 5) is 11.6. The van der Waals surface area contributed by atoms with Crippen LogP contribution >= 0.6 is 0 Å². The Morgan fingerprint density at radius 3 is 1.62 bits per heavy atom. The summed E-state index contributed by atoms with van der Waals surface area (Å²) < 4.78 is 0. The zero-order valence-corrected chi connectivity index (χ0v) is 13.2. The first kappa shape index (κ1) is 14.3. The molecule has 0 N–H and O–H groups in total. The molecule has 1 nitrogen and oxygen atoms in total. The van der Waals surface area contributed by atoms with Gasteiger partial charge in [-0.3, -0.25) is 4.79 Å². The lowest BCUT2D eigenvalue weighted by Gasteiger charge is -2.32. The van der Waals surface area contributed by atoms with Crippen molar-refractivity contribution in [2.75, 3.05) is 0 Å². The van der Waals surface area contributed by atoms with Crippen molar-refractivity contribution in [2.24, 2.45) is 16.7 Å². The van der Waals surface area contributed by atoms with E-state index in [9.17, 15) is 4.79 Å². The lowest BCUT2D eigenvalue weighted by Crippen LogP contribution is -2.32.